The molecule has 0 radical (unpaired) electrons. The van der Waals surface area contributed by atoms with Crippen LogP contribution in [0, 0.1) is 0 Å². The second kappa shape index (κ2) is 8.93. The van der Waals surface area contributed by atoms with Gasteiger partial charge in [0.25, 0.3) is 0 Å². The van der Waals surface area contributed by atoms with E-state index in [4.69, 9.17) is 34.8 Å². The zero-order chi connectivity index (χ0) is 16.7. The highest BCUT2D eigenvalue weighted by Gasteiger charge is 2.35. The van der Waals surface area contributed by atoms with Crippen molar-refractivity contribution in [2.75, 3.05) is 0 Å². The van der Waals surface area contributed by atoms with E-state index in [-0.39, 0.29) is 11.9 Å². The minimum Gasteiger partial charge on any atom is -0.333 e. The van der Waals surface area contributed by atoms with E-state index in [1.165, 1.54) is 12.5 Å². The Balaban J connectivity index is 1.94. The van der Waals surface area contributed by atoms with Gasteiger partial charge in [-0.3, -0.25) is 10.1 Å². The molecule has 1 aromatic rings. The Hall–Kier alpha value is -0.740. The number of hydrogen-bond donors (Lipinski definition) is 2. The number of halogens is 3. The van der Waals surface area contributed by atoms with Crippen LogP contribution in [0.25, 0.3) is 6.08 Å². The third kappa shape index (κ3) is 6.72. The van der Waals surface area contributed by atoms with Crippen LogP contribution < -0.4 is 10.6 Å². The van der Waals surface area contributed by atoms with E-state index in [1.807, 2.05) is 30.3 Å². The number of benzene rings is 1. The minimum absolute atomic E-state index is 0.266. The molecule has 1 aliphatic carbocycles. The first-order valence-corrected chi connectivity index (χ1v) is 8.95. The van der Waals surface area contributed by atoms with Crippen molar-refractivity contribution in [1.82, 2.24) is 10.6 Å². The second-order valence-corrected chi connectivity index (χ2v) is 8.10. The number of nitrogens with one attached hydrogen (secondary N) is 2. The van der Waals surface area contributed by atoms with E-state index >= 15 is 0 Å². The molecule has 0 aliphatic heterocycles. The summed E-state index contributed by atoms with van der Waals surface area (Å²) in [5, 5.41) is 6.01. The number of carbonyl (C=O) groups is 1. The summed E-state index contributed by atoms with van der Waals surface area (Å²) >= 11 is 18.0. The summed E-state index contributed by atoms with van der Waals surface area (Å²) in [5.41, 5.74) is 0.938. The van der Waals surface area contributed by atoms with Crippen molar-refractivity contribution in [2.45, 2.75) is 48.1 Å². The van der Waals surface area contributed by atoms with Crippen molar-refractivity contribution in [1.29, 1.82) is 0 Å². The molecule has 6 heteroatoms. The van der Waals surface area contributed by atoms with Gasteiger partial charge in [0.2, 0.25) is 9.70 Å². The molecule has 2 N–H and O–H groups in total. The molecular formula is C17H21Cl3N2O. The molecule has 0 bridgehead atoms. The van der Waals surface area contributed by atoms with Crippen LogP contribution in [0.2, 0.25) is 0 Å². The van der Waals surface area contributed by atoms with Crippen LogP contribution in [0.3, 0.4) is 0 Å². The quantitative estimate of drug-likeness (QED) is 0.454. The summed E-state index contributed by atoms with van der Waals surface area (Å²) in [6.07, 6.45) is 8.08. The largest absolute Gasteiger partial charge is 0.333 e. The summed E-state index contributed by atoms with van der Waals surface area (Å²) in [4.78, 5) is 12.1. The van der Waals surface area contributed by atoms with Crippen LogP contribution in [-0.2, 0) is 4.79 Å². The molecule has 1 aromatic carbocycles. The van der Waals surface area contributed by atoms with Gasteiger partial charge in [-0.05, 0) is 24.5 Å². The first-order chi connectivity index (χ1) is 10.9. The summed E-state index contributed by atoms with van der Waals surface area (Å²) in [6, 6.07) is 9.83. The standard InChI is InChI=1S/C17H21Cl3N2O/c18-17(19,20)16(21-14-9-5-2-6-10-14)22-15(23)12-11-13-7-3-1-4-8-13/h1,3-4,7-8,11-12,14,16,21H,2,5-6,9-10H2,(H,22,23)/b12-11+. The molecule has 3 nitrogen and oxygen atoms in total. The van der Waals surface area contributed by atoms with Gasteiger partial charge in [0.15, 0.2) is 0 Å². The van der Waals surface area contributed by atoms with E-state index in [2.05, 4.69) is 10.6 Å². The first-order valence-electron chi connectivity index (χ1n) is 7.81. The maximum Gasteiger partial charge on any atom is 0.245 e. The van der Waals surface area contributed by atoms with Crippen molar-refractivity contribution >= 4 is 46.8 Å². The summed E-state index contributed by atoms with van der Waals surface area (Å²) < 4.78 is -1.60. The fourth-order valence-corrected chi connectivity index (χ4v) is 3.00. The zero-order valence-electron chi connectivity index (χ0n) is 12.8. The van der Waals surface area contributed by atoms with E-state index in [9.17, 15) is 4.79 Å². The number of alkyl halides is 3. The van der Waals surface area contributed by atoms with Gasteiger partial charge in [0.1, 0.15) is 6.17 Å². The van der Waals surface area contributed by atoms with Crippen LogP contribution in [0.4, 0.5) is 0 Å². The van der Waals surface area contributed by atoms with E-state index in [0.717, 1.165) is 31.2 Å². The molecule has 1 amide bonds. The lowest BCUT2D eigenvalue weighted by molar-refractivity contribution is -0.117. The molecule has 23 heavy (non-hydrogen) atoms. The van der Waals surface area contributed by atoms with Gasteiger partial charge in [0, 0.05) is 12.1 Å². The third-order valence-corrected chi connectivity index (χ3v) is 4.50. The molecule has 1 fully saturated rings. The number of amides is 1. The molecule has 2 rings (SSSR count). The molecule has 0 spiro atoms. The van der Waals surface area contributed by atoms with Crippen LogP contribution in [0.5, 0.6) is 0 Å². The van der Waals surface area contributed by atoms with Crippen LogP contribution >= 0.6 is 34.8 Å². The Labute approximate surface area is 152 Å². The average Bonchev–Trinajstić information content (AvgIpc) is 2.53. The molecule has 0 saturated heterocycles. The Morgan fingerprint density at radius 3 is 2.39 bits per heavy atom. The number of carbonyl (C=O) groups excluding carboxylic acids is 1. The number of rotatable bonds is 5. The van der Waals surface area contributed by atoms with Gasteiger partial charge in [-0.2, -0.15) is 0 Å². The highest BCUT2D eigenvalue weighted by atomic mass is 35.6. The normalized spacial score (nSPS) is 18.0. The fourth-order valence-electron chi connectivity index (χ4n) is 2.65. The molecule has 0 aromatic heterocycles. The molecule has 1 saturated carbocycles. The molecule has 1 unspecified atom stereocenters. The van der Waals surface area contributed by atoms with Crippen LogP contribution in [-0.4, -0.2) is 21.9 Å². The van der Waals surface area contributed by atoms with Crippen molar-refractivity contribution in [3.05, 3.63) is 42.0 Å². The average molecular weight is 376 g/mol. The molecule has 126 valence electrons. The lowest BCUT2D eigenvalue weighted by Gasteiger charge is -2.32. The van der Waals surface area contributed by atoms with Gasteiger partial charge in [-0.25, -0.2) is 0 Å². The van der Waals surface area contributed by atoms with Crippen LogP contribution in [0.1, 0.15) is 37.7 Å². The smallest absolute Gasteiger partial charge is 0.245 e. The third-order valence-electron chi connectivity index (χ3n) is 3.85. The predicted octanol–water partition coefficient (Wildman–Crippen LogP) is 4.43. The highest BCUT2D eigenvalue weighted by molar-refractivity contribution is 6.68. The monoisotopic (exact) mass is 374 g/mol. The highest BCUT2D eigenvalue weighted by Crippen LogP contribution is 2.30. The Morgan fingerprint density at radius 1 is 1.13 bits per heavy atom. The molecular weight excluding hydrogens is 355 g/mol. The van der Waals surface area contributed by atoms with Crippen molar-refractivity contribution in [3.8, 4) is 0 Å². The predicted molar refractivity (Wildman–Crippen MR) is 97.7 cm³/mol. The summed E-state index contributed by atoms with van der Waals surface area (Å²) in [7, 11) is 0. The lowest BCUT2D eigenvalue weighted by atomic mass is 9.95. The van der Waals surface area contributed by atoms with E-state index in [1.54, 1.807) is 6.08 Å². The van der Waals surface area contributed by atoms with Gasteiger partial charge in [-0.1, -0.05) is 84.4 Å². The fraction of sp³-hybridized carbons (Fsp3) is 0.471. The first kappa shape index (κ1) is 18.6. The summed E-state index contributed by atoms with van der Waals surface area (Å²) in [5.74, 6) is -0.298. The molecule has 1 aliphatic rings. The zero-order valence-corrected chi connectivity index (χ0v) is 15.0. The van der Waals surface area contributed by atoms with E-state index in [0.29, 0.717) is 0 Å². The van der Waals surface area contributed by atoms with Crippen LogP contribution in [0.15, 0.2) is 36.4 Å². The van der Waals surface area contributed by atoms with Gasteiger partial charge in [0.05, 0.1) is 0 Å². The minimum atomic E-state index is -1.60. The maximum atomic E-state index is 12.1. The van der Waals surface area contributed by atoms with Crippen molar-refractivity contribution < 1.29 is 4.79 Å². The SMILES string of the molecule is O=C(/C=C/c1ccccc1)NC(NC1CCCCC1)C(Cl)(Cl)Cl. The summed E-state index contributed by atoms with van der Waals surface area (Å²) in [6.45, 7) is 0. The lowest BCUT2D eigenvalue weighted by Crippen LogP contribution is -2.56. The molecule has 0 heterocycles. The van der Waals surface area contributed by atoms with Gasteiger partial charge in [-0.15, -0.1) is 0 Å². The molecule has 1 atom stereocenters. The van der Waals surface area contributed by atoms with Crippen molar-refractivity contribution in [2.24, 2.45) is 0 Å². The van der Waals surface area contributed by atoms with E-state index < -0.39 is 9.96 Å². The topological polar surface area (TPSA) is 41.1 Å². The Kier molecular flexibility index (Phi) is 7.22. The second-order valence-electron chi connectivity index (χ2n) is 5.73. The van der Waals surface area contributed by atoms with Crippen molar-refractivity contribution in [3.63, 3.8) is 0 Å². The van der Waals surface area contributed by atoms with Gasteiger partial charge < -0.3 is 5.32 Å². The Morgan fingerprint density at radius 2 is 1.78 bits per heavy atom. The Bertz CT molecular complexity index is 522. The maximum absolute atomic E-state index is 12.1. The van der Waals surface area contributed by atoms with Gasteiger partial charge >= 0.3 is 0 Å². The number of hydrogen-bond acceptors (Lipinski definition) is 2.